The molecule has 19 heavy (non-hydrogen) atoms. The average molecular weight is 285 g/mol. The average Bonchev–Trinajstić information content (AvgIpc) is 2.42. The number of thioether (sulfide) groups is 1. The van der Waals surface area contributed by atoms with Crippen molar-refractivity contribution in [1.29, 1.82) is 0 Å². The van der Waals surface area contributed by atoms with E-state index >= 15 is 0 Å². The van der Waals surface area contributed by atoms with Gasteiger partial charge in [0.15, 0.2) is 11.6 Å². The van der Waals surface area contributed by atoms with Gasteiger partial charge in [-0.3, -0.25) is 0 Å². The summed E-state index contributed by atoms with van der Waals surface area (Å²) in [5, 5.41) is 4.32. The largest absolute Gasteiger partial charge is 0.307 e. The Morgan fingerprint density at radius 3 is 2.42 bits per heavy atom. The van der Waals surface area contributed by atoms with Crippen molar-refractivity contribution < 1.29 is 8.78 Å². The summed E-state index contributed by atoms with van der Waals surface area (Å²) in [5.74, 6) is -1.55. The first-order valence-corrected chi connectivity index (χ1v) is 8.12. The molecule has 0 saturated heterocycles. The Labute approximate surface area is 118 Å². The van der Waals surface area contributed by atoms with Crippen LogP contribution in [-0.2, 0) is 0 Å². The van der Waals surface area contributed by atoms with Crippen molar-refractivity contribution in [2.75, 3.05) is 6.26 Å². The third-order valence-electron chi connectivity index (χ3n) is 3.94. The zero-order chi connectivity index (χ0) is 13.8. The quantitative estimate of drug-likeness (QED) is 0.885. The molecule has 0 aliphatic heterocycles. The molecule has 0 amide bonds. The van der Waals surface area contributed by atoms with Gasteiger partial charge in [-0.15, -0.1) is 0 Å². The van der Waals surface area contributed by atoms with Gasteiger partial charge in [0.2, 0.25) is 0 Å². The van der Waals surface area contributed by atoms with Crippen molar-refractivity contribution in [2.24, 2.45) is 0 Å². The van der Waals surface area contributed by atoms with E-state index in [2.05, 4.69) is 11.6 Å². The molecule has 0 heterocycles. The Morgan fingerprint density at radius 2 is 1.84 bits per heavy atom. The van der Waals surface area contributed by atoms with Gasteiger partial charge in [0.05, 0.1) is 0 Å². The molecular formula is C15H21F2NS. The van der Waals surface area contributed by atoms with Crippen molar-refractivity contribution in [1.82, 2.24) is 5.32 Å². The minimum Gasteiger partial charge on any atom is -0.307 e. The Bertz CT molecular complexity index is 417. The number of benzene rings is 1. The molecule has 1 atom stereocenters. The number of rotatable bonds is 4. The molecule has 1 fully saturated rings. The van der Waals surface area contributed by atoms with Crippen LogP contribution in [0.15, 0.2) is 18.2 Å². The van der Waals surface area contributed by atoms with Crippen LogP contribution < -0.4 is 5.32 Å². The minimum absolute atomic E-state index is 0.0610. The topological polar surface area (TPSA) is 12.0 Å². The molecule has 4 heteroatoms. The fourth-order valence-corrected chi connectivity index (χ4v) is 3.44. The molecule has 106 valence electrons. The first kappa shape index (κ1) is 14.8. The highest BCUT2D eigenvalue weighted by Gasteiger charge is 2.22. The normalized spacial score (nSPS) is 25.3. The number of halogens is 2. The summed E-state index contributed by atoms with van der Waals surface area (Å²) in [7, 11) is 0. The lowest BCUT2D eigenvalue weighted by Gasteiger charge is -2.30. The molecule has 1 aromatic carbocycles. The van der Waals surface area contributed by atoms with Gasteiger partial charge >= 0.3 is 0 Å². The molecule has 1 aliphatic carbocycles. The van der Waals surface area contributed by atoms with Gasteiger partial charge in [0.1, 0.15) is 0 Å². The van der Waals surface area contributed by atoms with Gasteiger partial charge in [0, 0.05) is 17.3 Å². The smallest absolute Gasteiger partial charge is 0.159 e. The predicted molar refractivity (Wildman–Crippen MR) is 77.5 cm³/mol. The lowest BCUT2D eigenvalue weighted by atomic mass is 9.93. The molecule has 1 aliphatic rings. The van der Waals surface area contributed by atoms with Crippen molar-refractivity contribution >= 4 is 11.8 Å². The Kier molecular flexibility index (Phi) is 5.22. The summed E-state index contributed by atoms with van der Waals surface area (Å²) in [6.45, 7) is 2.01. The maximum absolute atomic E-state index is 13.2. The van der Waals surface area contributed by atoms with E-state index in [-0.39, 0.29) is 6.04 Å². The molecule has 2 rings (SSSR count). The van der Waals surface area contributed by atoms with Crippen LogP contribution >= 0.6 is 11.8 Å². The van der Waals surface area contributed by atoms with Gasteiger partial charge in [-0.05, 0) is 56.6 Å². The van der Waals surface area contributed by atoms with E-state index in [1.807, 2.05) is 18.7 Å². The second-order valence-electron chi connectivity index (χ2n) is 5.27. The van der Waals surface area contributed by atoms with Crippen LogP contribution in [0.4, 0.5) is 8.78 Å². The molecule has 0 radical (unpaired) electrons. The van der Waals surface area contributed by atoms with Crippen molar-refractivity contribution in [3.8, 4) is 0 Å². The summed E-state index contributed by atoms with van der Waals surface area (Å²) in [6, 6.07) is 4.70. The third-order valence-corrected chi connectivity index (χ3v) is 5.07. The first-order chi connectivity index (χ1) is 9.10. The zero-order valence-electron chi connectivity index (χ0n) is 11.5. The van der Waals surface area contributed by atoms with E-state index in [1.54, 1.807) is 6.07 Å². The van der Waals surface area contributed by atoms with Gasteiger partial charge < -0.3 is 5.32 Å². The van der Waals surface area contributed by atoms with Gasteiger partial charge in [0.25, 0.3) is 0 Å². The maximum atomic E-state index is 13.2. The van der Waals surface area contributed by atoms with Crippen LogP contribution in [0.5, 0.6) is 0 Å². The number of nitrogens with one attached hydrogen (secondary N) is 1. The molecule has 1 N–H and O–H groups in total. The Balaban J connectivity index is 1.90. The lowest BCUT2D eigenvalue weighted by molar-refractivity contribution is 0.351. The van der Waals surface area contributed by atoms with Crippen LogP contribution in [0.25, 0.3) is 0 Å². The van der Waals surface area contributed by atoms with Crippen LogP contribution in [0.2, 0.25) is 0 Å². The zero-order valence-corrected chi connectivity index (χ0v) is 12.3. The SMILES string of the molecule is CSC1CCC(NC(C)c2ccc(F)c(F)c2)CC1. The molecule has 1 saturated carbocycles. The monoisotopic (exact) mass is 285 g/mol. The summed E-state index contributed by atoms with van der Waals surface area (Å²) >= 11 is 1.95. The van der Waals surface area contributed by atoms with Gasteiger partial charge in [-0.25, -0.2) is 8.78 Å². The fraction of sp³-hybridized carbons (Fsp3) is 0.600. The summed E-state index contributed by atoms with van der Waals surface area (Å²) < 4.78 is 26.1. The molecule has 0 bridgehead atoms. The van der Waals surface area contributed by atoms with Crippen LogP contribution in [0, 0.1) is 11.6 Å². The lowest BCUT2D eigenvalue weighted by Crippen LogP contribution is -2.35. The molecular weight excluding hydrogens is 264 g/mol. The van der Waals surface area contributed by atoms with Gasteiger partial charge in [-0.1, -0.05) is 6.07 Å². The molecule has 1 aromatic rings. The molecule has 1 unspecified atom stereocenters. The van der Waals surface area contributed by atoms with E-state index < -0.39 is 11.6 Å². The standard InChI is InChI=1S/C15H21F2NS/c1-10(11-3-8-14(16)15(17)9-11)18-12-4-6-13(19-2)7-5-12/h3,8-10,12-13,18H,4-7H2,1-2H3. The Hall–Kier alpha value is -0.610. The summed E-state index contributed by atoms with van der Waals surface area (Å²) in [4.78, 5) is 0. The van der Waals surface area contributed by atoms with Crippen LogP contribution in [0.3, 0.4) is 0 Å². The van der Waals surface area contributed by atoms with Crippen molar-refractivity contribution in [3.05, 3.63) is 35.4 Å². The predicted octanol–water partition coefficient (Wildman–Crippen LogP) is 4.29. The molecule has 0 aromatic heterocycles. The third kappa shape index (κ3) is 3.93. The minimum atomic E-state index is -0.781. The van der Waals surface area contributed by atoms with Crippen molar-refractivity contribution in [3.63, 3.8) is 0 Å². The Morgan fingerprint density at radius 1 is 1.16 bits per heavy atom. The van der Waals surface area contributed by atoms with E-state index in [4.69, 9.17) is 0 Å². The summed E-state index contributed by atoms with van der Waals surface area (Å²) in [5.41, 5.74) is 0.811. The van der Waals surface area contributed by atoms with Crippen LogP contribution in [-0.4, -0.2) is 17.5 Å². The maximum Gasteiger partial charge on any atom is 0.159 e. The van der Waals surface area contributed by atoms with Crippen molar-refractivity contribution in [2.45, 2.75) is 49.9 Å². The number of hydrogen-bond acceptors (Lipinski definition) is 2. The fourth-order valence-electron chi connectivity index (χ4n) is 2.70. The summed E-state index contributed by atoms with van der Waals surface area (Å²) in [6.07, 6.45) is 6.98. The van der Waals surface area contributed by atoms with E-state index in [1.165, 1.54) is 37.8 Å². The highest BCUT2D eigenvalue weighted by atomic mass is 32.2. The highest BCUT2D eigenvalue weighted by molar-refractivity contribution is 7.99. The van der Waals surface area contributed by atoms with E-state index in [0.717, 1.165) is 10.8 Å². The second kappa shape index (κ2) is 6.71. The van der Waals surface area contributed by atoms with E-state index in [0.29, 0.717) is 6.04 Å². The number of hydrogen-bond donors (Lipinski definition) is 1. The second-order valence-corrected chi connectivity index (χ2v) is 6.41. The molecule has 0 spiro atoms. The molecule has 1 nitrogen and oxygen atoms in total. The van der Waals surface area contributed by atoms with Gasteiger partial charge in [-0.2, -0.15) is 11.8 Å². The van der Waals surface area contributed by atoms with Crippen LogP contribution in [0.1, 0.15) is 44.2 Å². The van der Waals surface area contributed by atoms with E-state index in [9.17, 15) is 8.78 Å². The highest BCUT2D eigenvalue weighted by Crippen LogP contribution is 2.28. The first-order valence-electron chi connectivity index (χ1n) is 6.84.